The van der Waals surface area contributed by atoms with Crippen LogP contribution in [0.25, 0.3) is 12.2 Å². The van der Waals surface area contributed by atoms with Gasteiger partial charge >= 0.3 is 0 Å². The van der Waals surface area contributed by atoms with Crippen molar-refractivity contribution in [2.45, 2.75) is 114 Å². The summed E-state index contributed by atoms with van der Waals surface area (Å²) in [5.74, 6) is 5.60. The Kier molecular flexibility index (Phi) is 12.5. The second-order valence-electron chi connectivity index (χ2n) is 19.2. The number of anilines is 1. The maximum absolute atomic E-state index is 15.8. The molecule has 3 aromatic carbocycles. The van der Waals surface area contributed by atoms with E-state index in [4.69, 9.17) is 4.74 Å². The molecule has 66 heavy (non-hydrogen) atoms. The number of carbonyl (C=O) groups excluding carboxylic acids is 2. The van der Waals surface area contributed by atoms with Gasteiger partial charge in [-0.05, 0) is 145 Å². The Morgan fingerprint density at radius 1 is 0.818 bits per heavy atom. The highest BCUT2D eigenvalue weighted by Crippen LogP contribution is 2.47. The minimum atomic E-state index is -1.09. The molecule has 1 saturated carbocycles. The molecule has 3 aliphatic carbocycles. The molecular weight excluding hydrogens is 827 g/mol. The number of ketones is 2. The van der Waals surface area contributed by atoms with Gasteiger partial charge in [-0.15, -0.1) is 0 Å². The van der Waals surface area contributed by atoms with Crippen LogP contribution in [0.1, 0.15) is 119 Å². The Balaban J connectivity index is 1.11. The van der Waals surface area contributed by atoms with E-state index in [1.807, 2.05) is 54.9 Å². The number of nitrogens with one attached hydrogen (secondary N) is 3. The van der Waals surface area contributed by atoms with Gasteiger partial charge in [-0.25, -0.2) is 0 Å². The van der Waals surface area contributed by atoms with E-state index in [1.165, 1.54) is 0 Å². The summed E-state index contributed by atoms with van der Waals surface area (Å²) in [5, 5.41) is 48.4. The van der Waals surface area contributed by atoms with Gasteiger partial charge in [0.15, 0.2) is 17.3 Å². The SMILES string of the molecule is O=C1CCc2cc(c(O)c(OC3CCCC3)c2)Cc2ccc3c(c2)Cc2cc[nH]c2NC(C#CCC(O)C3)C2=Cc3[nH]ccc3C(CC3C=Cc4c(O)cccc4CC3)C2C(=O)C1CCO. The summed E-state index contributed by atoms with van der Waals surface area (Å²) in [6, 6.07) is 19.2. The summed E-state index contributed by atoms with van der Waals surface area (Å²) in [5.41, 5.74) is 10.1. The van der Waals surface area contributed by atoms with E-state index in [1.54, 1.807) is 6.07 Å². The fourth-order valence-corrected chi connectivity index (χ4v) is 11.3. The number of benzene rings is 3. The van der Waals surface area contributed by atoms with E-state index < -0.39 is 24.0 Å². The highest BCUT2D eigenvalue weighted by Gasteiger charge is 2.44. The lowest BCUT2D eigenvalue weighted by molar-refractivity contribution is -0.135. The quantitative estimate of drug-likeness (QED) is 0.0656. The number of hydrogen-bond acceptors (Lipinski definition) is 8. The van der Waals surface area contributed by atoms with Crippen molar-refractivity contribution in [3.63, 3.8) is 0 Å². The zero-order chi connectivity index (χ0) is 45.3. The van der Waals surface area contributed by atoms with Crippen molar-refractivity contribution in [1.29, 1.82) is 0 Å². The number of aryl methyl sites for hydroxylation is 2. The molecule has 1 fully saturated rings. The third kappa shape index (κ3) is 8.99. The lowest BCUT2D eigenvalue weighted by atomic mass is 9.66. The minimum absolute atomic E-state index is 0.000708. The molecule has 2 aliphatic heterocycles. The van der Waals surface area contributed by atoms with Gasteiger partial charge in [0.05, 0.1) is 18.1 Å². The van der Waals surface area contributed by atoms with Crippen molar-refractivity contribution in [3.05, 3.63) is 140 Å². The third-order valence-corrected chi connectivity index (χ3v) is 14.8. The monoisotopic (exact) mass is 885 g/mol. The van der Waals surface area contributed by atoms with Gasteiger partial charge < -0.3 is 40.4 Å². The molecule has 6 atom stereocenters. The molecule has 340 valence electrons. The average molecular weight is 886 g/mol. The molecule has 0 saturated heterocycles. The lowest BCUT2D eigenvalue weighted by Crippen LogP contribution is -2.41. The van der Waals surface area contributed by atoms with Crippen LogP contribution in [0.4, 0.5) is 5.82 Å². The van der Waals surface area contributed by atoms with Gasteiger partial charge in [0.2, 0.25) is 0 Å². The number of phenolic OH excluding ortho intramolecular Hbond substituents is 2. The van der Waals surface area contributed by atoms with Crippen molar-refractivity contribution < 1.29 is 34.8 Å². The summed E-state index contributed by atoms with van der Waals surface area (Å²) >= 11 is 0. The van der Waals surface area contributed by atoms with Gasteiger partial charge in [-0.1, -0.05) is 60.4 Å². The van der Waals surface area contributed by atoms with Gasteiger partial charge in [-0.3, -0.25) is 9.59 Å². The maximum atomic E-state index is 15.8. The smallest absolute Gasteiger partial charge is 0.161 e. The van der Waals surface area contributed by atoms with Gasteiger partial charge in [-0.2, -0.15) is 0 Å². The molecule has 7 N–H and O–H groups in total. The average Bonchev–Trinajstić information content (AvgIpc) is 4.08. The first-order chi connectivity index (χ1) is 32.2. The maximum Gasteiger partial charge on any atom is 0.161 e. The number of aliphatic hydroxyl groups is 2. The zero-order valence-electron chi connectivity index (χ0n) is 37.3. The number of Topliss-reactive ketones (excluding diaryl/α,β-unsaturated/α-hetero) is 2. The summed E-state index contributed by atoms with van der Waals surface area (Å²) in [4.78, 5) is 37.5. The number of hydrogen-bond donors (Lipinski definition) is 7. The largest absolute Gasteiger partial charge is 0.507 e. The summed E-state index contributed by atoms with van der Waals surface area (Å²) in [6.45, 7) is -0.338. The van der Waals surface area contributed by atoms with Crippen LogP contribution in [0.3, 0.4) is 0 Å². The number of H-pyrrole nitrogens is 2. The number of aromatic nitrogens is 2. The number of phenols is 2. The van der Waals surface area contributed by atoms with Crippen molar-refractivity contribution in [2.24, 2.45) is 17.8 Å². The topological polar surface area (TPSA) is 168 Å². The van der Waals surface area contributed by atoms with Crippen LogP contribution < -0.4 is 10.1 Å². The van der Waals surface area contributed by atoms with Crippen molar-refractivity contribution in [3.8, 4) is 29.1 Å². The summed E-state index contributed by atoms with van der Waals surface area (Å²) in [6.07, 6.45) is 17.3. The molecule has 0 spiro atoms. The second-order valence-corrected chi connectivity index (χ2v) is 19.2. The highest BCUT2D eigenvalue weighted by atomic mass is 16.5. The lowest BCUT2D eigenvalue weighted by Gasteiger charge is -2.37. The normalized spacial score (nSPS) is 24.2. The third-order valence-electron chi connectivity index (χ3n) is 14.8. The summed E-state index contributed by atoms with van der Waals surface area (Å²) < 4.78 is 6.48. The zero-order valence-corrected chi connectivity index (χ0v) is 37.3. The first-order valence-electron chi connectivity index (χ1n) is 24.0. The van der Waals surface area contributed by atoms with Gasteiger partial charge in [0.1, 0.15) is 23.4 Å². The molecular formula is C56H59N3O7. The molecule has 5 aliphatic rings. The van der Waals surface area contributed by atoms with Gasteiger partial charge in [0.25, 0.3) is 0 Å². The molecule has 4 heterocycles. The first-order valence-corrected chi connectivity index (χ1v) is 24.0. The fourth-order valence-electron chi connectivity index (χ4n) is 11.3. The summed E-state index contributed by atoms with van der Waals surface area (Å²) in [7, 11) is 0. The van der Waals surface area contributed by atoms with E-state index in [0.29, 0.717) is 43.4 Å². The Labute approximate surface area is 386 Å². The van der Waals surface area contributed by atoms with E-state index in [0.717, 1.165) is 100 Å². The Hall–Kier alpha value is -6.28. The molecule has 10 heteroatoms. The fraction of sp³-hybridized carbons (Fsp3) is 0.393. The Morgan fingerprint density at radius 2 is 1.67 bits per heavy atom. The van der Waals surface area contributed by atoms with E-state index in [9.17, 15) is 25.2 Å². The second kappa shape index (κ2) is 18.9. The number of aromatic hydroxyl groups is 2. The van der Waals surface area contributed by atoms with Crippen LogP contribution in [0.5, 0.6) is 17.2 Å². The van der Waals surface area contributed by atoms with Crippen LogP contribution in [0, 0.1) is 29.6 Å². The number of rotatable bonds is 6. The van der Waals surface area contributed by atoms with Crippen LogP contribution in [-0.4, -0.2) is 66.8 Å². The minimum Gasteiger partial charge on any atom is -0.507 e. The van der Waals surface area contributed by atoms with E-state index >= 15 is 4.79 Å². The molecule has 2 aromatic heterocycles. The molecule has 5 bridgehead atoms. The van der Waals surface area contributed by atoms with Gasteiger partial charge in [0, 0.05) is 73.3 Å². The van der Waals surface area contributed by atoms with E-state index in [-0.39, 0.29) is 66.9 Å². The van der Waals surface area contributed by atoms with Crippen LogP contribution in [-0.2, 0) is 41.7 Å². The number of aromatic amines is 2. The van der Waals surface area contributed by atoms with Crippen LogP contribution in [0.2, 0.25) is 0 Å². The molecule has 10 rings (SSSR count). The van der Waals surface area contributed by atoms with Crippen LogP contribution in [0.15, 0.2) is 84.7 Å². The Bertz CT molecular complexity index is 2760. The molecule has 10 nitrogen and oxygen atoms in total. The molecule has 5 aromatic rings. The number of aliphatic hydroxyl groups excluding tert-OH is 2. The molecule has 6 unspecified atom stereocenters. The van der Waals surface area contributed by atoms with Crippen molar-refractivity contribution in [2.75, 3.05) is 11.9 Å². The predicted octanol–water partition coefficient (Wildman–Crippen LogP) is 8.89. The molecule has 0 radical (unpaired) electrons. The van der Waals surface area contributed by atoms with Crippen LogP contribution >= 0.6 is 0 Å². The van der Waals surface area contributed by atoms with Crippen molar-refractivity contribution in [1.82, 2.24) is 9.97 Å². The number of allylic oxidation sites excluding steroid dienone is 1. The Morgan fingerprint density at radius 3 is 2.53 bits per heavy atom. The van der Waals surface area contributed by atoms with Crippen molar-refractivity contribution >= 4 is 29.5 Å². The number of fused-ring (bicyclic) bond motifs is 8. The highest BCUT2D eigenvalue weighted by molar-refractivity contribution is 6.05. The number of carbonyl (C=O) groups is 2. The molecule has 0 amide bonds. The number of ether oxygens (including phenoxy) is 1. The predicted molar refractivity (Wildman–Crippen MR) is 255 cm³/mol. The first kappa shape index (κ1) is 43.6. The van der Waals surface area contributed by atoms with E-state index in [2.05, 4.69) is 57.5 Å². The standard InChI is InChI=1S/C56H59N3O7/c60-24-21-45-51(63)18-14-35-27-40(54(64)52(29-35)66-42-7-1-2-8-42)26-34-12-16-37-31-41(61)6-4-9-48(59-56-38(19-22-58-56)30-39(37)25-34)47-32-49-44(20-23-57-49)46(53(47)55(45)65)28-33-11-15-36-5-3-10-50(62)43(36)17-13-33/h3,5,10,12-13,16-17,19-20,22-23,25,27,29,32-33,41-42,45-46,48,53,57-62,64H,1-2,6-8,11,14-15,18,21,24,26,28,30-31H2.